The SMILES string of the molecule is O=C(C1CCCO1)N1CCC(c2cc3ncccc3c(=O)[nH]2)CC1. The van der Waals surface area contributed by atoms with Crippen LogP contribution in [-0.2, 0) is 9.53 Å². The van der Waals surface area contributed by atoms with Crippen molar-refractivity contribution in [2.24, 2.45) is 0 Å². The fourth-order valence-electron chi connectivity index (χ4n) is 3.71. The van der Waals surface area contributed by atoms with Crippen molar-refractivity contribution in [3.8, 4) is 0 Å². The Balaban J connectivity index is 1.48. The Kier molecular flexibility index (Phi) is 4.06. The van der Waals surface area contributed by atoms with Gasteiger partial charge in [-0.3, -0.25) is 14.6 Å². The zero-order chi connectivity index (χ0) is 16.5. The molecule has 1 amide bonds. The normalized spacial score (nSPS) is 22.2. The van der Waals surface area contributed by atoms with Crippen LogP contribution in [0.4, 0.5) is 0 Å². The number of hydrogen-bond donors (Lipinski definition) is 1. The maximum absolute atomic E-state index is 12.4. The van der Waals surface area contributed by atoms with Gasteiger partial charge in [0.1, 0.15) is 6.10 Å². The minimum Gasteiger partial charge on any atom is -0.368 e. The molecule has 24 heavy (non-hydrogen) atoms. The van der Waals surface area contributed by atoms with Crippen LogP contribution in [0.5, 0.6) is 0 Å². The van der Waals surface area contributed by atoms with E-state index in [9.17, 15) is 9.59 Å². The van der Waals surface area contributed by atoms with E-state index >= 15 is 0 Å². The molecule has 6 heteroatoms. The lowest BCUT2D eigenvalue weighted by Gasteiger charge is -2.33. The lowest BCUT2D eigenvalue weighted by molar-refractivity contribution is -0.142. The Labute approximate surface area is 139 Å². The molecule has 2 saturated heterocycles. The molecule has 0 aliphatic carbocycles. The number of hydrogen-bond acceptors (Lipinski definition) is 4. The Morgan fingerprint density at radius 3 is 2.88 bits per heavy atom. The molecule has 2 aliphatic heterocycles. The zero-order valence-electron chi connectivity index (χ0n) is 13.5. The average molecular weight is 327 g/mol. The maximum Gasteiger partial charge on any atom is 0.257 e. The molecule has 2 aliphatic rings. The maximum atomic E-state index is 12.4. The second-order valence-electron chi connectivity index (χ2n) is 6.59. The highest BCUT2D eigenvalue weighted by Gasteiger charge is 2.31. The number of aromatic nitrogens is 2. The van der Waals surface area contributed by atoms with Gasteiger partial charge in [0.25, 0.3) is 11.5 Å². The fourth-order valence-corrected chi connectivity index (χ4v) is 3.71. The molecule has 0 spiro atoms. The van der Waals surface area contributed by atoms with Crippen LogP contribution in [0.15, 0.2) is 29.2 Å². The molecule has 0 aromatic carbocycles. The van der Waals surface area contributed by atoms with Gasteiger partial charge in [0.15, 0.2) is 0 Å². The number of fused-ring (bicyclic) bond motifs is 1. The van der Waals surface area contributed by atoms with Crippen LogP contribution in [-0.4, -0.2) is 46.6 Å². The first kappa shape index (κ1) is 15.3. The molecule has 0 bridgehead atoms. The van der Waals surface area contributed by atoms with E-state index in [4.69, 9.17) is 4.74 Å². The van der Waals surface area contributed by atoms with Crippen LogP contribution in [0.2, 0.25) is 0 Å². The van der Waals surface area contributed by atoms with Crippen molar-refractivity contribution in [1.82, 2.24) is 14.9 Å². The molecule has 2 aromatic rings. The predicted octanol–water partition coefficient (Wildman–Crippen LogP) is 1.81. The number of piperidine rings is 1. The van der Waals surface area contributed by atoms with Crippen LogP contribution in [0.1, 0.15) is 37.3 Å². The van der Waals surface area contributed by atoms with Crippen LogP contribution in [0.3, 0.4) is 0 Å². The lowest BCUT2D eigenvalue weighted by Crippen LogP contribution is -2.43. The molecule has 4 rings (SSSR count). The number of nitrogens with zero attached hydrogens (tertiary/aromatic N) is 2. The number of H-pyrrole nitrogens is 1. The van der Waals surface area contributed by atoms with Gasteiger partial charge in [-0.15, -0.1) is 0 Å². The molecule has 0 saturated carbocycles. The third-order valence-electron chi connectivity index (χ3n) is 5.08. The summed E-state index contributed by atoms with van der Waals surface area (Å²) in [5, 5.41) is 0.618. The van der Waals surface area contributed by atoms with Crippen molar-refractivity contribution in [3.63, 3.8) is 0 Å². The van der Waals surface area contributed by atoms with Crippen LogP contribution in [0.25, 0.3) is 10.9 Å². The monoisotopic (exact) mass is 327 g/mol. The number of rotatable bonds is 2. The Morgan fingerprint density at radius 1 is 1.29 bits per heavy atom. The van der Waals surface area contributed by atoms with Crippen LogP contribution >= 0.6 is 0 Å². The number of carbonyl (C=O) groups is 1. The number of carbonyl (C=O) groups excluding carboxylic acids is 1. The first-order valence-electron chi connectivity index (χ1n) is 8.61. The molecule has 2 aromatic heterocycles. The quantitative estimate of drug-likeness (QED) is 0.913. The lowest BCUT2D eigenvalue weighted by atomic mass is 9.92. The van der Waals surface area contributed by atoms with E-state index in [0.717, 1.165) is 36.9 Å². The Morgan fingerprint density at radius 2 is 2.12 bits per heavy atom. The highest BCUT2D eigenvalue weighted by atomic mass is 16.5. The standard InChI is InChI=1S/C18H21N3O3/c22-17-13-3-1-7-19-15(13)11-14(20-17)12-5-8-21(9-6-12)18(23)16-4-2-10-24-16/h1,3,7,11-12,16H,2,4-6,8-10H2,(H,20,22). The summed E-state index contributed by atoms with van der Waals surface area (Å²) in [6.45, 7) is 2.12. The van der Waals surface area contributed by atoms with E-state index in [2.05, 4.69) is 9.97 Å². The largest absolute Gasteiger partial charge is 0.368 e. The van der Waals surface area contributed by atoms with Gasteiger partial charge in [-0.1, -0.05) is 0 Å². The van der Waals surface area contributed by atoms with Gasteiger partial charge in [0.2, 0.25) is 0 Å². The average Bonchev–Trinajstić information content (AvgIpc) is 3.16. The van der Waals surface area contributed by atoms with E-state index in [1.54, 1.807) is 18.3 Å². The van der Waals surface area contributed by atoms with Gasteiger partial charge in [0.05, 0.1) is 10.9 Å². The Bertz CT molecular complexity index is 803. The summed E-state index contributed by atoms with van der Waals surface area (Å²) in [5.41, 5.74) is 1.57. The number of nitrogens with one attached hydrogen (secondary N) is 1. The summed E-state index contributed by atoms with van der Waals surface area (Å²) >= 11 is 0. The highest BCUT2D eigenvalue weighted by Crippen LogP contribution is 2.28. The predicted molar refractivity (Wildman–Crippen MR) is 89.9 cm³/mol. The van der Waals surface area contributed by atoms with E-state index < -0.39 is 0 Å². The van der Waals surface area contributed by atoms with E-state index in [-0.39, 0.29) is 23.5 Å². The van der Waals surface area contributed by atoms with Crippen molar-refractivity contribution in [1.29, 1.82) is 0 Å². The van der Waals surface area contributed by atoms with Gasteiger partial charge in [-0.2, -0.15) is 0 Å². The van der Waals surface area contributed by atoms with Gasteiger partial charge in [-0.05, 0) is 43.9 Å². The topological polar surface area (TPSA) is 75.3 Å². The van der Waals surface area contributed by atoms with Crippen LogP contribution in [0, 0.1) is 0 Å². The van der Waals surface area contributed by atoms with Crippen LogP contribution < -0.4 is 5.56 Å². The molecular weight excluding hydrogens is 306 g/mol. The minimum atomic E-state index is -0.244. The second kappa shape index (κ2) is 6.36. The highest BCUT2D eigenvalue weighted by molar-refractivity contribution is 5.81. The fraction of sp³-hybridized carbons (Fsp3) is 0.500. The number of ether oxygens (including phenoxy) is 1. The summed E-state index contributed by atoms with van der Waals surface area (Å²) in [6, 6.07) is 5.53. The molecule has 6 nitrogen and oxygen atoms in total. The third kappa shape index (κ3) is 2.82. The molecule has 2 fully saturated rings. The summed E-state index contributed by atoms with van der Waals surface area (Å²) in [5.74, 6) is 0.386. The summed E-state index contributed by atoms with van der Waals surface area (Å²) in [7, 11) is 0. The summed E-state index contributed by atoms with van der Waals surface area (Å²) in [4.78, 5) is 33.8. The molecule has 1 atom stereocenters. The van der Waals surface area contributed by atoms with Crippen molar-refractivity contribution in [2.45, 2.75) is 37.7 Å². The van der Waals surface area contributed by atoms with E-state index in [1.165, 1.54) is 0 Å². The van der Waals surface area contributed by atoms with E-state index in [0.29, 0.717) is 25.1 Å². The van der Waals surface area contributed by atoms with Crippen molar-refractivity contribution in [3.05, 3.63) is 40.4 Å². The second-order valence-corrected chi connectivity index (χ2v) is 6.59. The smallest absolute Gasteiger partial charge is 0.257 e. The van der Waals surface area contributed by atoms with Crippen molar-refractivity contribution < 1.29 is 9.53 Å². The minimum absolute atomic E-state index is 0.0894. The molecule has 126 valence electrons. The molecule has 1 unspecified atom stereocenters. The first-order chi connectivity index (χ1) is 11.7. The number of pyridine rings is 2. The first-order valence-corrected chi connectivity index (χ1v) is 8.61. The molecule has 4 heterocycles. The number of likely N-dealkylation sites (tertiary alicyclic amines) is 1. The Hall–Kier alpha value is -2.21. The van der Waals surface area contributed by atoms with Crippen molar-refractivity contribution in [2.75, 3.05) is 19.7 Å². The zero-order valence-corrected chi connectivity index (χ0v) is 13.5. The summed E-state index contributed by atoms with van der Waals surface area (Å²) in [6.07, 6.45) is 4.97. The van der Waals surface area contributed by atoms with Crippen molar-refractivity contribution >= 4 is 16.8 Å². The van der Waals surface area contributed by atoms with Gasteiger partial charge in [0, 0.05) is 37.5 Å². The van der Waals surface area contributed by atoms with E-state index in [1.807, 2.05) is 11.0 Å². The molecular formula is C18H21N3O3. The van der Waals surface area contributed by atoms with Gasteiger partial charge < -0.3 is 14.6 Å². The number of amides is 1. The van der Waals surface area contributed by atoms with Gasteiger partial charge >= 0.3 is 0 Å². The molecule has 1 N–H and O–H groups in total. The number of aromatic amines is 1. The summed E-state index contributed by atoms with van der Waals surface area (Å²) < 4.78 is 5.50. The third-order valence-corrected chi connectivity index (χ3v) is 5.08. The molecule has 0 radical (unpaired) electrons. The van der Waals surface area contributed by atoms with Gasteiger partial charge in [-0.25, -0.2) is 0 Å².